The molecule has 6 nitrogen and oxygen atoms in total. The lowest BCUT2D eigenvalue weighted by atomic mass is 9.90. The number of benzene rings is 2. The number of aryl methyl sites for hydroxylation is 1. The van der Waals surface area contributed by atoms with Gasteiger partial charge in [0, 0.05) is 24.4 Å². The molecule has 1 aliphatic carbocycles. The molecule has 2 aromatic carbocycles. The molecule has 1 atom stereocenters. The number of carbonyl (C=O) groups excluding carboxylic acids is 1. The van der Waals surface area contributed by atoms with Gasteiger partial charge in [0.25, 0.3) is 0 Å². The maximum Gasteiger partial charge on any atom is 0.335 e. The predicted molar refractivity (Wildman–Crippen MR) is 154 cm³/mol. The van der Waals surface area contributed by atoms with E-state index in [2.05, 4.69) is 47.9 Å². The normalized spacial score (nSPS) is 14.6. The van der Waals surface area contributed by atoms with Crippen molar-refractivity contribution in [2.24, 2.45) is 5.92 Å². The first-order valence-electron chi connectivity index (χ1n) is 14.5. The van der Waals surface area contributed by atoms with Gasteiger partial charge in [0.2, 0.25) is 0 Å². The third kappa shape index (κ3) is 8.37. The number of rotatable bonds is 14. The van der Waals surface area contributed by atoms with E-state index in [1.807, 2.05) is 31.2 Å². The highest BCUT2D eigenvalue weighted by Crippen LogP contribution is 2.27. The minimum Gasteiger partial charge on any atom is -0.493 e. The topological polar surface area (TPSA) is 58.9 Å². The molecule has 1 aliphatic rings. The Balaban J connectivity index is 1.29. The van der Waals surface area contributed by atoms with Crippen LogP contribution in [0.25, 0.3) is 11.3 Å². The van der Waals surface area contributed by atoms with Crippen molar-refractivity contribution in [2.45, 2.75) is 71.9 Å². The zero-order valence-corrected chi connectivity index (χ0v) is 23.7. The Labute approximate surface area is 233 Å². The smallest absolute Gasteiger partial charge is 0.335 e. The van der Waals surface area contributed by atoms with Crippen molar-refractivity contribution < 1.29 is 23.7 Å². The van der Waals surface area contributed by atoms with Gasteiger partial charge < -0.3 is 23.5 Å². The minimum absolute atomic E-state index is 0.320. The van der Waals surface area contributed by atoms with Crippen molar-refractivity contribution >= 4 is 5.97 Å². The molecular weight excluding hydrogens is 490 g/mol. The van der Waals surface area contributed by atoms with E-state index in [0.29, 0.717) is 32.2 Å². The largest absolute Gasteiger partial charge is 0.493 e. The highest BCUT2D eigenvalue weighted by molar-refractivity contribution is 5.75. The van der Waals surface area contributed by atoms with Crippen LogP contribution in [0, 0.1) is 12.8 Å². The lowest BCUT2D eigenvalue weighted by molar-refractivity contribution is -0.156. The average Bonchev–Trinajstić information content (AvgIpc) is 3.33. The van der Waals surface area contributed by atoms with E-state index in [4.69, 9.17) is 18.9 Å². The van der Waals surface area contributed by atoms with Gasteiger partial charge in [0.1, 0.15) is 18.1 Å². The Morgan fingerprint density at radius 1 is 0.872 bits per heavy atom. The summed E-state index contributed by atoms with van der Waals surface area (Å²) in [7, 11) is 0. The summed E-state index contributed by atoms with van der Waals surface area (Å²) in [6.45, 7) is 8.73. The monoisotopic (exact) mass is 533 g/mol. The van der Waals surface area contributed by atoms with E-state index in [9.17, 15) is 4.79 Å². The number of aromatic nitrogens is 1. The molecule has 3 aromatic rings. The van der Waals surface area contributed by atoms with Crippen LogP contribution in [-0.2, 0) is 27.2 Å². The first-order chi connectivity index (χ1) is 19.1. The van der Waals surface area contributed by atoms with E-state index < -0.39 is 6.10 Å². The fraction of sp³-hybridized carbons (Fsp3) is 0.485. The van der Waals surface area contributed by atoms with Crippen molar-refractivity contribution in [3.05, 3.63) is 71.9 Å². The SMILES string of the molecule is CCOC(=O)C(Cc1ccc(OCCn2c(C)ccc2-c2ccc(OCC3CCCCC3)cc2)cc1)OCC. The molecule has 0 amide bonds. The molecule has 39 heavy (non-hydrogen) atoms. The average molecular weight is 534 g/mol. The van der Waals surface area contributed by atoms with Crippen LogP contribution in [0.15, 0.2) is 60.7 Å². The predicted octanol–water partition coefficient (Wildman–Crippen LogP) is 7.01. The molecule has 210 valence electrons. The van der Waals surface area contributed by atoms with Crippen molar-refractivity contribution in [1.29, 1.82) is 0 Å². The van der Waals surface area contributed by atoms with Crippen LogP contribution >= 0.6 is 0 Å². The molecule has 1 fully saturated rings. The first-order valence-corrected chi connectivity index (χ1v) is 14.5. The number of hydrogen-bond donors (Lipinski definition) is 0. The van der Waals surface area contributed by atoms with E-state index in [1.165, 1.54) is 49.1 Å². The van der Waals surface area contributed by atoms with Crippen molar-refractivity contribution in [2.75, 3.05) is 26.4 Å². The van der Waals surface area contributed by atoms with E-state index in [-0.39, 0.29) is 5.97 Å². The van der Waals surface area contributed by atoms with Gasteiger partial charge in [0.15, 0.2) is 6.10 Å². The number of carbonyl (C=O) groups is 1. The van der Waals surface area contributed by atoms with E-state index >= 15 is 0 Å². The highest BCUT2D eigenvalue weighted by atomic mass is 16.6. The third-order valence-electron chi connectivity index (χ3n) is 7.40. The minimum atomic E-state index is -0.589. The quantitative estimate of drug-likeness (QED) is 0.209. The molecule has 0 aliphatic heterocycles. The Morgan fingerprint density at radius 2 is 1.56 bits per heavy atom. The Hall–Kier alpha value is -3.25. The highest BCUT2D eigenvalue weighted by Gasteiger charge is 2.20. The second kappa shape index (κ2) is 14.8. The van der Waals surface area contributed by atoms with Crippen molar-refractivity contribution in [3.63, 3.8) is 0 Å². The molecule has 1 saturated carbocycles. The first kappa shape index (κ1) is 28.8. The maximum absolute atomic E-state index is 12.1. The summed E-state index contributed by atoms with van der Waals surface area (Å²) in [5.74, 6) is 2.12. The van der Waals surface area contributed by atoms with Gasteiger partial charge in [-0.05, 0) is 99.2 Å². The number of hydrogen-bond acceptors (Lipinski definition) is 5. The Morgan fingerprint density at radius 3 is 2.26 bits per heavy atom. The van der Waals surface area contributed by atoms with Gasteiger partial charge in [-0.3, -0.25) is 0 Å². The van der Waals surface area contributed by atoms with Crippen LogP contribution in [0.2, 0.25) is 0 Å². The van der Waals surface area contributed by atoms with Crippen LogP contribution in [0.5, 0.6) is 11.5 Å². The molecule has 1 aromatic heterocycles. The number of nitrogens with zero attached hydrogens (tertiary/aromatic N) is 1. The fourth-order valence-electron chi connectivity index (χ4n) is 5.25. The molecule has 0 bridgehead atoms. The van der Waals surface area contributed by atoms with Gasteiger partial charge in [-0.25, -0.2) is 4.79 Å². The summed E-state index contributed by atoms with van der Waals surface area (Å²) in [5.41, 5.74) is 4.54. The lowest BCUT2D eigenvalue weighted by Gasteiger charge is -2.21. The molecule has 0 N–H and O–H groups in total. The van der Waals surface area contributed by atoms with Crippen LogP contribution in [0.1, 0.15) is 57.2 Å². The van der Waals surface area contributed by atoms with Gasteiger partial charge in [-0.2, -0.15) is 0 Å². The summed E-state index contributed by atoms with van der Waals surface area (Å²) < 4.78 is 25.2. The number of ether oxygens (including phenoxy) is 4. The van der Waals surface area contributed by atoms with E-state index in [1.54, 1.807) is 6.92 Å². The van der Waals surface area contributed by atoms with Gasteiger partial charge in [-0.1, -0.05) is 31.4 Å². The van der Waals surface area contributed by atoms with Gasteiger partial charge >= 0.3 is 5.97 Å². The van der Waals surface area contributed by atoms with Crippen molar-refractivity contribution in [1.82, 2.24) is 4.57 Å². The molecule has 0 saturated heterocycles. The standard InChI is InChI=1S/C33H43NO5/c1-4-36-32(33(35)37-5-2)23-26-12-16-29(17-13-26)38-22-21-34-25(3)11-20-31(34)28-14-18-30(19-15-28)39-24-27-9-7-6-8-10-27/h11-20,27,32H,4-10,21-24H2,1-3H3. The summed E-state index contributed by atoms with van der Waals surface area (Å²) in [4.78, 5) is 12.1. The molecule has 6 heteroatoms. The maximum atomic E-state index is 12.1. The summed E-state index contributed by atoms with van der Waals surface area (Å²) in [6.07, 6.45) is 6.52. The molecule has 1 unspecified atom stereocenters. The molecular formula is C33H43NO5. The second-order valence-corrected chi connectivity index (χ2v) is 10.2. The molecule has 0 spiro atoms. The summed E-state index contributed by atoms with van der Waals surface area (Å²) in [6, 6.07) is 20.6. The number of esters is 1. The Kier molecular flexibility index (Phi) is 10.9. The molecule has 4 rings (SSSR count). The van der Waals surface area contributed by atoms with Gasteiger partial charge in [0.05, 0.1) is 19.8 Å². The van der Waals surface area contributed by atoms with Crippen LogP contribution < -0.4 is 9.47 Å². The Bertz CT molecular complexity index is 1150. The van der Waals surface area contributed by atoms with Gasteiger partial charge in [-0.15, -0.1) is 0 Å². The fourth-order valence-corrected chi connectivity index (χ4v) is 5.25. The van der Waals surface area contributed by atoms with Crippen LogP contribution in [-0.4, -0.2) is 43.1 Å². The second-order valence-electron chi connectivity index (χ2n) is 10.2. The van der Waals surface area contributed by atoms with Crippen molar-refractivity contribution in [3.8, 4) is 22.8 Å². The summed E-state index contributed by atoms with van der Waals surface area (Å²) in [5, 5.41) is 0. The molecule has 1 heterocycles. The third-order valence-corrected chi connectivity index (χ3v) is 7.40. The van der Waals surface area contributed by atoms with Crippen LogP contribution in [0.3, 0.4) is 0 Å². The summed E-state index contributed by atoms with van der Waals surface area (Å²) >= 11 is 0. The zero-order chi connectivity index (χ0) is 27.5. The van der Waals surface area contributed by atoms with E-state index in [0.717, 1.165) is 30.2 Å². The van der Waals surface area contributed by atoms with Crippen LogP contribution in [0.4, 0.5) is 0 Å². The lowest BCUT2D eigenvalue weighted by Crippen LogP contribution is -2.28. The molecule has 0 radical (unpaired) electrons. The zero-order valence-electron chi connectivity index (χ0n) is 23.7.